The lowest BCUT2D eigenvalue weighted by Crippen LogP contribution is -2.24. The van der Waals surface area contributed by atoms with Crippen molar-refractivity contribution in [2.24, 2.45) is 0 Å². The minimum atomic E-state index is 0.114. The molecule has 0 saturated heterocycles. The first-order valence-electron chi connectivity index (χ1n) is 7.11. The van der Waals surface area contributed by atoms with E-state index < -0.39 is 0 Å². The van der Waals surface area contributed by atoms with Gasteiger partial charge in [-0.15, -0.1) is 11.3 Å². The predicted molar refractivity (Wildman–Crippen MR) is 93.9 cm³/mol. The van der Waals surface area contributed by atoms with E-state index in [1.54, 1.807) is 11.3 Å². The van der Waals surface area contributed by atoms with Crippen LogP contribution in [0, 0.1) is 0 Å². The molecule has 0 amide bonds. The minimum Gasteiger partial charge on any atom is -0.305 e. The highest BCUT2D eigenvalue weighted by Gasteiger charge is 2.19. The van der Waals surface area contributed by atoms with Gasteiger partial charge in [0.05, 0.1) is 11.7 Å². The van der Waals surface area contributed by atoms with E-state index in [1.165, 1.54) is 15.6 Å². The van der Waals surface area contributed by atoms with Crippen molar-refractivity contribution in [1.82, 2.24) is 10.3 Å². The highest BCUT2D eigenvalue weighted by molar-refractivity contribution is 9.10. The molecule has 0 radical (unpaired) electrons. The van der Waals surface area contributed by atoms with Crippen LogP contribution in [0.2, 0.25) is 0 Å². The fourth-order valence-corrected chi connectivity index (χ4v) is 3.93. The molecule has 0 aliphatic carbocycles. The molecule has 0 fully saturated rings. The first-order chi connectivity index (χ1) is 10.3. The van der Waals surface area contributed by atoms with E-state index in [1.807, 2.05) is 12.3 Å². The van der Waals surface area contributed by atoms with Gasteiger partial charge in [0.1, 0.15) is 0 Å². The second-order valence-corrected chi connectivity index (χ2v) is 6.71. The topological polar surface area (TPSA) is 24.9 Å². The highest BCUT2D eigenvalue weighted by atomic mass is 79.9. The predicted octanol–water partition coefficient (Wildman–Crippen LogP) is 5.15. The Bertz CT molecular complexity index is 738. The van der Waals surface area contributed by atoms with E-state index in [2.05, 4.69) is 68.9 Å². The average Bonchev–Trinajstić information content (AvgIpc) is 2.98. The lowest BCUT2D eigenvalue weighted by Gasteiger charge is -2.20. The maximum Gasteiger partial charge on any atom is 0.0776 e. The van der Waals surface area contributed by atoms with Crippen molar-refractivity contribution in [3.05, 3.63) is 63.7 Å². The number of fused-ring (bicyclic) bond motifs is 1. The van der Waals surface area contributed by atoms with Gasteiger partial charge < -0.3 is 5.32 Å². The van der Waals surface area contributed by atoms with E-state index in [0.717, 1.165) is 23.1 Å². The third kappa shape index (κ3) is 3.03. The zero-order valence-corrected chi connectivity index (χ0v) is 14.2. The molecular weight excluding hydrogens is 344 g/mol. The van der Waals surface area contributed by atoms with Crippen molar-refractivity contribution < 1.29 is 0 Å². The van der Waals surface area contributed by atoms with E-state index in [-0.39, 0.29) is 6.04 Å². The molecular formula is C17H17BrN2S. The first-order valence-corrected chi connectivity index (χ1v) is 8.78. The van der Waals surface area contributed by atoms with Gasteiger partial charge in [0.2, 0.25) is 0 Å². The van der Waals surface area contributed by atoms with Crippen molar-refractivity contribution >= 4 is 37.4 Å². The molecule has 0 saturated carbocycles. The number of hydrogen-bond acceptors (Lipinski definition) is 3. The van der Waals surface area contributed by atoms with E-state index in [4.69, 9.17) is 0 Å². The summed E-state index contributed by atoms with van der Waals surface area (Å²) in [5.41, 5.74) is 2.35. The number of hydrogen-bond donors (Lipinski definition) is 1. The molecule has 1 atom stereocenters. The van der Waals surface area contributed by atoms with Gasteiger partial charge in [0, 0.05) is 15.4 Å². The Morgan fingerprint density at radius 3 is 2.95 bits per heavy atom. The number of thiophene rings is 1. The summed E-state index contributed by atoms with van der Waals surface area (Å²) in [6.45, 7) is 3.15. The van der Waals surface area contributed by atoms with Crippen LogP contribution in [0.1, 0.15) is 30.6 Å². The molecule has 4 heteroatoms. The fourth-order valence-electron chi connectivity index (χ4n) is 2.50. The van der Waals surface area contributed by atoms with Crippen LogP contribution >= 0.6 is 27.3 Å². The van der Waals surface area contributed by atoms with Crippen LogP contribution in [0.15, 0.2) is 52.4 Å². The standard InChI is InChI=1S/C17H17BrN2S/c1-2-9-19-15(16-14(18)7-4-10-20-16)13-6-3-5-12-8-11-21-17(12)13/h3-8,10-11,15,19H,2,9H2,1H3. The Balaban J connectivity index is 2.11. The number of benzene rings is 1. The summed E-state index contributed by atoms with van der Waals surface area (Å²) in [4.78, 5) is 4.59. The number of pyridine rings is 1. The van der Waals surface area contributed by atoms with Crippen LogP contribution in [-0.4, -0.2) is 11.5 Å². The molecule has 0 aliphatic heterocycles. The number of halogens is 1. The summed E-state index contributed by atoms with van der Waals surface area (Å²) < 4.78 is 2.39. The highest BCUT2D eigenvalue weighted by Crippen LogP contribution is 2.34. The number of nitrogens with one attached hydrogen (secondary N) is 1. The molecule has 0 bridgehead atoms. The second kappa shape index (κ2) is 6.69. The molecule has 1 unspecified atom stereocenters. The summed E-state index contributed by atoms with van der Waals surface area (Å²) >= 11 is 5.43. The average molecular weight is 361 g/mol. The van der Waals surface area contributed by atoms with Crippen molar-refractivity contribution in [3.63, 3.8) is 0 Å². The summed E-state index contributed by atoms with van der Waals surface area (Å²) in [5, 5.41) is 7.09. The molecule has 0 spiro atoms. The monoisotopic (exact) mass is 360 g/mol. The number of nitrogens with zero attached hydrogens (tertiary/aromatic N) is 1. The van der Waals surface area contributed by atoms with Crippen LogP contribution < -0.4 is 5.32 Å². The molecule has 2 nitrogen and oxygen atoms in total. The van der Waals surface area contributed by atoms with Crippen LogP contribution in [-0.2, 0) is 0 Å². The molecule has 108 valence electrons. The quantitative estimate of drug-likeness (QED) is 0.680. The van der Waals surface area contributed by atoms with Crippen molar-refractivity contribution in [3.8, 4) is 0 Å². The zero-order valence-electron chi connectivity index (χ0n) is 11.8. The number of aromatic nitrogens is 1. The summed E-state index contributed by atoms with van der Waals surface area (Å²) in [6, 6.07) is 12.8. The largest absolute Gasteiger partial charge is 0.305 e. The number of rotatable bonds is 5. The summed E-state index contributed by atoms with van der Waals surface area (Å²) in [5.74, 6) is 0. The third-order valence-corrected chi connectivity index (χ3v) is 5.13. The molecule has 21 heavy (non-hydrogen) atoms. The molecule has 1 aromatic carbocycles. The summed E-state index contributed by atoms with van der Waals surface area (Å²) in [7, 11) is 0. The molecule has 2 heterocycles. The van der Waals surface area contributed by atoms with E-state index in [0.29, 0.717) is 0 Å². The van der Waals surface area contributed by atoms with Gasteiger partial charge in [0.25, 0.3) is 0 Å². The van der Waals surface area contributed by atoms with Crippen molar-refractivity contribution in [1.29, 1.82) is 0 Å². The van der Waals surface area contributed by atoms with Crippen LogP contribution in [0.25, 0.3) is 10.1 Å². The maximum atomic E-state index is 4.59. The van der Waals surface area contributed by atoms with E-state index in [9.17, 15) is 0 Å². The van der Waals surface area contributed by atoms with Crippen molar-refractivity contribution in [2.75, 3.05) is 6.54 Å². The molecule has 0 aliphatic rings. The smallest absolute Gasteiger partial charge is 0.0776 e. The Morgan fingerprint density at radius 2 is 2.14 bits per heavy atom. The molecule has 3 aromatic rings. The molecule has 3 rings (SSSR count). The van der Waals surface area contributed by atoms with Gasteiger partial charge in [-0.25, -0.2) is 0 Å². The Kier molecular flexibility index (Phi) is 4.68. The van der Waals surface area contributed by atoms with Crippen molar-refractivity contribution in [2.45, 2.75) is 19.4 Å². The van der Waals surface area contributed by atoms with Gasteiger partial charge >= 0.3 is 0 Å². The Hall–Kier alpha value is -1.23. The Labute approximate surface area is 137 Å². The maximum absolute atomic E-state index is 4.59. The first kappa shape index (κ1) is 14.7. The normalized spacial score (nSPS) is 12.7. The zero-order chi connectivity index (χ0) is 14.7. The van der Waals surface area contributed by atoms with Gasteiger partial charge in [-0.2, -0.15) is 0 Å². The fraction of sp³-hybridized carbons (Fsp3) is 0.235. The lowest BCUT2D eigenvalue weighted by atomic mass is 10.0. The second-order valence-electron chi connectivity index (χ2n) is 4.94. The van der Waals surface area contributed by atoms with Gasteiger partial charge in [-0.1, -0.05) is 25.1 Å². The van der Waals surface area contributed by atoms with Gasteiger partial charge in [0.15, 0.2) is 0 Å². The van der Waals surface area contributed by atoms with Crippen LogP contribution in [0.4, 0.5) is 0 Å². The van der Waals surface area contributed by atoms with Crippen LogP contribution in [0.5, 0.6) is 0 Å². The minimum absolute atomic E-state index is 0.114. The SMILES string of the molecule is CCCNC(c1ncccc1Br)c1cccc2ccsc12. The molecule has 2 aromatic heterocycles. The molecule has 1 N–H and O–H groups in total. The lowest BCUT2D eigenvalue weighted by molar-refractivity contribution is 0.588. The van der Waals surface area contributed by atoms with Gasteiger partial charge in [-0.3, -0.25) is 4.98 Å². The Morgan fingerprint density at radius 1 is 1.24 bits per heavy atom. The van der Waals surface area contributed by atoms with Crippen LogP contribution in [0.3, 0.4) is 0 Å². The third-order valence-electron chi connectivity index (χ3n) is 3.48. The summed E-state index contributed by atoms with van der Waals surface area (Å²) in [6.07, 6.45) is 2.96. The van der Waals surface area contributed by atoms with E-state index >= 15 is 0 Å². The van der Waals surface area contributed by atoms with Gasteiger partial charge in [-0.05, 0) is 63.4 Å².